The number of fused-ring (bicyclic) bond motifs is 2. The SMILES string of the molecule is Fc1c(F)c(F)c(C2=C(c3c4c(ccc3=C(c3ccccc3)c3ccccc3)=c3ccccc3=C4)CC=C2)c(F)c1F. The molecule has 204 valence electrons. The van der Waals surface area contributed by atoms with Crippen molar-refractivity contribution in [2.45, 2.75) is 6.42 Å². The van der Waals surface area contributed by atoms with E-state index in [1.165, 1.54) is 6.08 Å². The zero-order chi connectivity index (χ0) is 29.0. The number of halogens is 5. The van der Waals surface area contributed by atoms with Crippen molar-refractivity contribution in [2.75, 3.05) is 0 Å². The molecule has 2 aliphatic rings. The van der Waals surface area contributed by atoms with Gasteiger partial charge in [-0.25, -0.2) is 22.0 Å². The monoisotopic (exact) mass is 560 g/mol. The zero-order valence-corrected chi connectivity index (χ0v) is 22.1. The number of benzene rings is 5. The number of hydrogen-bond donors (Lipinski definition) is 0. The summed E-state index contributed by atoms with van der Waals surface area (Å²) in [6.45, 7) is 0. The average molecular weight is 561 g/mol. The molecule has 7 rings (SSSR count). The average Bonchev–Trinajstić information content (AvgIpc) is 3.65. The first-order valence-corrected chi connectivity index (χ1v) is 13.5. The molecular formula is C37H21F5. The largest absolute Gasteiger partial charge is 0.203 e. The van der Waals surface area contributed by atoms with Gasteiger partial charge in [0.1, 0.15) is 0 Å². The van der Waals surface area contributed by atoms with Crippen LogP contribution in [0.4, 0.5) is 22.0 Å². The molecule has 0 amide bonds. The lowest BCUT2D eigenvalue weighted by Crippen LogP contribution is -2.17. The van der Waals surface area contributed by atoms with Crippen molar-refractivity contribution in [3.63, 3.8) is 0 Å². The van der Waals surface area contributed by atoms with E-state index in [0.29, 0.717) is 11.1 Å². The minimum absolute atomic E-state index is 0.0257. The van der Waals surface area contributed by atoms with Crippen LogP contribution in [0.3, 0.4) is 0 Å². The van der Waals surface area contributed by atoms with Crippen molar-refractivity contribution in [1.29, 1.82) is 0 Å². The molecule has 0 aliphatic heterocycles. The van der Waals surface area contributed by atoms with Crippen molar-refractivity contribution in [1.82, 2.24) is 0 Å². The third kappa shape index (κ3) is 3.96. The van der Waals surface area contributed by atoms with E-state index in [-0.39, 0.29) is 12.0 Å². The van der Waals surface area contributed by atoms with E-state index >= 15 is 8.78 Å². The molecule has 0 radical (unpaired) electrons. The Hall–Kier alpha value is -5.03. The van der Waals surface area contributed by atoms with Crippen molar-refractivity contribution in [2.24, 2.45) is 0 Å². The van der Waals surface area contributed by atoms with Crippen LogP contribution in [0.2, 0.25) is 0 Å². The first-order chi connectivity index (χ1) is 20.5. The van der Waals surface area contributed by atoms with E-state index in [9.17, 15) is 13.2 Å². The molecule has 5 heteroatoms. The maximum Gasteiger partial charge on any atom is 0.200 e. The van der Waals surface area contributed by atoms with Gasteiger partial charge < -0.3 is 0 Å². The second kappa shape index (κ2) is 10.1. The Labute approximate surface area is 238 Å². The smallest absolute Gasteiger partial charge is 0.200 e. The number of allylic oxidation sites excluding steroid dienone is 4. The van der Waals surface area contributed by atoms with Crippen LogP contribution in [0.5, 0.6) is 0 Å². The highest BCUT2D eigenvalue weighted by Crippen LogP contribution is 2.40. The molecule has 0 bridgehead atoms. The van der Waals surface area contributed by atoms with E-state index in [1.807, 2.05) is 103 Å². The first kappa shape index (κ1) is 25.9. The van der Waals surface area contributed by atoms with Gasteiger partial charge in [-0.3, -0.25) is 0 Å². The highest BCUT2D eigenvalue weighted by atomic mass is 19.2. The van der Waals surface area contributed by atoms with Gasteiger partial charge in [-0.1, -0.05) is 109 Å². The van der Waals surface area contributed by atoms with E-state index in [1.54, 1.807) is 6.08 Å². The molecule has 0 nitrogen and oxygen atoms in total. The zero-order valence-electron chi connectivity index (χ0n) is 22.1. The summed E-state index contributed by atoms with van der Waals surface area (Å²) < 4.78 is 73.3. The third-order valence-electron chi connectivity index (χ3n) is 7.90. The Morgan fingerprint density at radius 3 is 1.74 bits per heavy atom. The minimum atomic E-state index is -2.17. The summed E-state index contributed by atoms with van der Waals surface area (Å²) in [7, 11) is 0. The molecule has 0 aromatic heterocycles. The Balaban J connectivity index is 1.69. The van der Waals surface area contributed by atoms with Crippen molar-refractivity contribution < 1.29 is 22.0 Å². The molecule has 0 fully saturated rings. The van der Waals surface area contributed by atoms with Gasteiger partial charge in [0.15, 0.2) is 23.3 Å². The number of rotatable bonds is 4. The van der Waals surface area contributed by atoms with Gasteiger partial charge >= 0.3 is 0 Å². The lowest BCUT2D eigenvalue weighted by Gasteiger charge is -2.17. The van der Waals surface area contributed by atoms with Gasteiger partial charge in [0.2, 0.25) is 5.82 Å². The van der Waals surface area contributed by atoms with Crippen molar-refractivity contribution >= 4 is 22.8 Å². The van der Waals surface area contributed by atoms with Gasteiger partial charge in [0.25, 0.3) is 0 Å². The fourth-order valence-electron chi connectivity index (χ4n) is 6.07. The Bertz CT molecular complexity index is 2120. The summed E-state index contributed by atoms with van der Waals surface area (Å²) in [6, 6.07) is 31.4. The fraction of sp³-hybridized carbons (Fsp3) is 0.0270. The van der Waals surface area contributed by atoms with Crippen LogP contribution in [0.1, 0.15) is 34.2 Å². The van der Waals surface area contributed by atoms with Crippen molar-refractivity contribution in [3.8, 4) is 0 Å². The van der Waals surface area contributed by atoms with Crippen LogP contribution >= 0.6 is 0 Å². The summed E-state index contributed by atoms with van der Waals surface area (Å²) in [5.74, 6) is -9.79. The molecule has 2 aliphatic carbocycles. The Morgan fingerprint density at radius 2 is 1.10 bits per heavy atom. The highest BCUT2D eigenvalue weighted by molar-refractivity contribution is 6.01. The molecule has 0 atom stereocenters. The Kier molecular flexibility index (Phi) is 6.23. The normalized spacial score (nSPS) is 13.3. The van der Waals surface area contributed by atoms with Gasteiger partial charge in [0.05, 0.1) is 5.56 Å². The van der Waals surface area contributed by atoms with Gasteiger partial charge in [-0.15, -0.1) is 0 Å². The minimum Gasteiger partial charge on any atom is -0.203 e. The lowest BCUT2D eigenvalue weighted by molar-refractivity contribution is 0.376. The van der Waals surface area contributed by atoms with Crippen LogP contribution in [-0.2, 0) is 0 Å². The molecule has 0 unspecified atom stereocenters. The highest BCUT2D eigenvalue weighted by Gasteiger charge is 2.30. The fourth-order valence-corrected chi connectivity index (χ4v) is 6.07. The summed E-state index contributed by atoms with van der Waals surface area (Å²) in [6.07, 6.45) is 5.42. The maximum atomic E-state index is 15.2. The molecule has 0 N–H and O–H groups in total. The van der Waals surface area contributed by atoms with Gasteiger partial charge in [-0.2, -0.15) is 0 Å². The van der Waals surface area contributed by atoms with Crippen LogP contribution in [0.25, 0.3) is 22.8 Å². The molecule has 0 saturated heterocycles. The van der Waals surface area contributed by atoms with Crippen LogP contribution in [0.15, 0.2) is 109 Å². The molecular weight excluding hydrogens is 539 g/mol. The van der Waals surface area contributed by atoms with Crippen LogP contribution < -0.4 is 10.4 Å². The van der Waals surface area contributed by atoms with Crippen LogP contribution in [-0.4, -0.2) is 0 Å². The second-order valence-corrected chi connectivity index (χ2v) is 10.2. The predicted octanol–water partition coefficient (Wildman–Crippen LogP) is 7.93. The molecule has 5 aromatic rings. The molecule has 0 heterocycles. The first-order valence-electron chi connectivity index (χ1n) is 13.5. The summed E-state index contributed by atoms with van der Waals surface area (Å²) in [5.41, 5.74) is 3.79. The van der Waals surface area contributed by atoms with Gasteiger partial charge in [-0.05, 0) is 72.3 Å². The molecule has 0 saturated carbocycles. The van der Waals surface area contributed by atoms with Crippen LogP contribution in [0, 0.1) is 39.5 Å². The summed E-state index contributed by atoms with van der Waals surface area (Å²) in [4.78, 5) is 0. The summed E-state index contributed by atoms with van der Waals surface area (Å²) in [5, 5.41) is 3.71. The second-order valence-electron chi connectivity index (χ2n) is 10.2. The van der Waals surface area contributed by atoms with Gasteiger partial charge in [0, 0.05) is 0 Å². The Morgan fingerprint density at radius 1 is 0.524 bits per heavy atom. The molecule has 0 spiro atoms. The molecule has 42 heavy (non-hydrogen) atoms. The predicted molar refractivity (Wildman–Crippen MR) is 155 cm³/mol. The topological polar surface area (TPSA) is 0 Å². The number of hydrogen-bond acceptors (Lipinski definition) is 0. The maximum absolute atomic E-state index is 15.2. The van der Waals surface area contributed by atoms with E-state index in [4.69, 9.17) is 0 Å². The standard InChI is InChI=1S/C37H21F5/c38-33-32(34(39)36(41)37(42)35(33)40)27-17-9-16-26(27)31-28(19-18-25-24-15-8-7-14-23(24)20-29(25)31)30(21-10-3-1-4-11-21)22-12-5-2-6-13-22/h1-15,17-20H,16H2. The van der Waals surface area contributed by atoms with Crippen molar-refractivity contribution in [3.05, 3.63) is 187 Å². The lowest BCUT2D eigenvalue weighted by atomic mass is 9.86. The van der Waals surface area contributed by atoms with E-state index in [2.05, 4.69) is 0 Å². The molecule has 5 aromatic carbocycles. The quantitative estimate of drug-likeness (QED) is 0.117. The van der Waals surface area contributed by atoms with E-state index in [0.717, 1.165) is 43.1 Å². The summed E-state index contributed by atoms with van der Waals surface area (Å²) >= 11 is 0. The third-order valence-corrected chi connectivity index (χ3v) is 7.90. The van der Waals surface area contributed by atoms with E-state index < -0.39 is 34.6 Å².